The SMILES string of the molecule is O=c1[nH]c2ccc(S(=O)(=O)N(Cc3ccco3)C3CC3)cc2[nH]c1=O. The zero-order chi connectivity index (χ0) is 17.6. The molecule has 1 fully saturated rings. The van der Waals surface area contributed by atoms with Crippen LogP contribution < -0.4 is 11.1 Å². The normalized spacial score (nSPS) is 15.1. The van der Waals surface area contributed by atoms with Crippen LogP contribution in [0, 0.1) is 0 Å². The van der Waals surface area contributed by atoms with Crippen LogP contribution in [0.3, 0.4) is 0 Å². The first-order valence-electron chi connectivity index (χ1n) is 7.76. The summed E-state index contributed by atoms with van der Waals surface area (Å²) in [5.41, 5.74) is -0.968. The Morgan fingerprint density at radius 2 is 1.80 bits per heavy atom. The second kappa shape index (κ2) is 5.71. The molecule has 2 aromatic heterocycles. The van der Waals surface area contributed by atoms with Crippen LogP contribution in [0.1, 0.15) is 18.6 Å². The van der Waals surface area contributed by atoms with Gasteiger partial charge in [-0.1, -0.05) is 0 Å². The minimum absolute atomic E-state index is 0.0552. The molecule has 0 bridgehead atoms. The van der Waals surface area contributed by atoms with Gasteiger partial charge in [0.05, 0.1) is 28.7 Å². The Morgan fingerprint density at radius 3 is 2.44 bits per heavy atom. The highest BCUT2D eigenvalue weighted by atomic mass is 32.2. The van der Waals surface area contributed by atoms with E-state index in [0.29, 0.717) is 11.3 Å². The lowest BCUT2D eigenvalue weighted by Crippen LogP contribution is -2.33. The van der Waals surface area contributed by atoms with Gasteiger partial charge in [0, 0.05) is 6.04 Å². The number of benzene rings is 1. The monoisotopic (exact) mass is 361 g/mol. The van der Waals surface area contributed by atoms with Gasteiger partial charge in [-0.05, 0) is 43.2 Å². The molecule has 9 heteroatoms. The number of aromatic nitrogens is 2. The first kappa shape index (κ1) is 15.9. The lowest BCUT2D eigenvalue weighted by molar-refractivity contribution is 0.356. The van der Waals surface area contributed by atoms with Crippen molar-refractivity contribution < 1.29 is 12.8 Å². The Labute approximate surface area is 142 Å². The van der Waals surface area contributed by atoms with Gasteiger partial charge in [0.15, 0.2) is 0 Å². The van der Waals surface area contributed by atoms with Gasteiger partial charge in [-0.15, -0.1) is 0 Å². The summed E-state index contributed by atoms with van der Waals surface area (Å²) in [6, 6.07) is 7.64. The largest absolute Gasteiger partial charge is 0.468 e. The molecule has 4 rings (SSSR count). The molecule has 8 nitrogen and oxygen atoms in total. The summed E-state index contributed by atoms with van der Waals surface area (Å²) in [5, 5.41) is 0. The highest BCUT2D eigenvalue weighted by molar-refractivity contribution is 7.89. The number of fused-ring (bicyclic) bond motifs is 1. The van der Waals surface area contributed by atoms with Crippen LogP contribution in [0.4, 0.5) is 0 Å². The van der Waals surface area contributed by atoms with Crippen LogP contribution in [0.5, 0.6) is 0 Å². The topological polar surface area (TPSA) is 116 Å². The number of sulfonamides is 1. The van der Waals surface area contributed by atoms with Crippen molar-refractivity contribution in [3.63, 3.8) is 0 Å². The fourth-order valence-corrected chi connectivity index (χ4v) is 4.40. The minimum Gasteiger partial charge on any atom is -0.468 e. The van der Waals surface area contributed by atoms with Gasteiger partial charge < -0.3 is 14.4 Å². The maximum absolute atomic E-state index is 13.1. The van der Waals surface area contributed by atoms with Gasteiger partial charge in [-0.3, -0.25) is 9.59 Å². The van der Waals surface area contributed by atoms with E-state index in [1.54, 1.807) is 12.1 Å². The van der Waals surface area contributed by atoms with Gasteiger partial charge in [-0.2, -0.15) is 4.31 Å². The molecule has 1 saturated carbocycles. The standard InChI is InChI=1S/C16H15N3O5S/c20-15-16(21)18-14-8-12(5-6-13(14)17-15)25(22,23)19(10-3-4-10)9-11-2-1-7-24-11/h1-2,5-8,10H,3-4,9H2,(H,17,20)(H,18,21). The van der Waals surface area contributed by atoms with Crippen molar-refractivity contribution in [2.75, 3.05) is 0 Å². The highest BCUT2D eigenvalue weighted by Crippen LogP contribution is 2.34. The summed E-state index contributed by atoms with van der Waals surface area (Å²) in [5.74, 6) is 0.564. The van der Waals surface area contributed by atoms with Crippen molar-refractivity contribution in [1.29, 1.82) is 0 Å². The number of H-pyrrole nitrogens is 2. The lowest BCUT2D eigenvalue weighted by Gasteiger charge is -2.21. The molecule has 3 aromatic rings. The number of nitrogens with zero attached hydrogens (tertiary/aromatic N) is 1. The van der Waals surface area contributed by atoms with E-state index in [1.807, 2.05) is 0 Å². The Bertz CT molecular complexity index is 1140. The highest BCUT2D eigenvalue weighted by Gasteiger charge is 2.38. The molecular formula is C16H15N3O5S. The van der Waals surface area contributed by atoms with E-state index in [1.165, 1.54) is 28.8 Å². The van der Waals surface area contributed by atoms with Crippen LogP contribution in [0.15, 0.2) is 55.5 Å². The minimum atomic E-state index is -3.77. The van der Waals surface area contributed by atoms with E-state index in [0.717, 1.165) is 12.8 Å². The molecule has 130 valence electrons. The number of aromatic amines is 2. The Hall–Kier alpha value is -2.65. The third-order valence-electron chi connectivity index (χ3n) is 4.15. The van der Waals surface area contributed by atoms with Crippen molar-refractivity contribution in [1.82, 2.24) is 14.3 Å². The molecule has 0 amide bonds. The van der Waals surface area contributed by atoms with E-state index in [9.17, 15) is 18.0 Å². The van der Waals surface area contributed by atoms with Crippen molar-refractivity contribution in [3.05, 3.63) is 63.1 Å². The van der Waals surface area contributed by atoms with Crippen molar-refractivity contribution in [2.24, 2.45) is 0 Å². The molecule has 0 aliphatic heterocycles. The van der Waals surface area contributed by atoms with E-state index in [4.69, 9.17) is 4.42 Å². The second-order valence-corrected chi connectivity index (χ2v) is 7.87. The predicted octanol–water partition coefficient (Wildman–Crippen LogP) is 1.16. The molecule has 1 aromatic carbocycles. The Kier molecular flexibility index (Phi) is 3.62. The van der Waals surface area contributed by atoms with Crippen molar-refractivity contribution in [2.45, 2.75) is 30.3 Å². The summed E-state index contributed by atoms with van der Waals surface area (Å²) in [4.78, 5) is 27.7. The average Bonchev–Trinajstić information content (AvgIpc) is 3.28. The summed E-state index contributed by atoms with van der Waals surface area (Å²) in [6.45, 7) is 0.153. The molecule has 2 heterocycles. The summed E-state index contributed by atoms with van der Waals surface area (Å²) in [7, 11) is -3.77. The van der Waals surface area contributed by atoms with Crippen LogP contribution in [-0.4, -0.2) is 28.7 Å². The summed E-state index contributed by atoms with van der Waals surface area (Å²) < 4.78 is 32.8. The molecule has 0 atom stereocenters. The molecule has 0 saturated heterocycles. The third kappa shape index (κ3) is 2.92. The third-order valence-corrected chi connectivity index (χ3v) is 6.04. The Balaban J connectivity index is 1.77. The second-order valence-electron chi connectivity index (χ2n) is 5.98. The van der Waals surface area contributed by atoms with E-state index >= 15 is 0 Å². The number of nitrogens with one attached hydrogen (secondary N) is 2. The lowest BCUT2D eigenvalue weighted by atomic mass is 10.3. The van der Waals surface area contributed by atoms with Crippen molar-refractivity contribution in [3.8, 4) is 0 Å². The molecular weight excluding hydrogens is 346 g/mol. The number of rotatable bonds is 5. The van der Waals surface area contributed by atoms with Crippen LogP contribution in [0.2, 0.25) is 0 Å². The number of hydrogen-bond donors (Lipinski definition) is 2. The molecule has 25 heavy (non-hydrogen) atoms. The van der Waals surface area contributed by atoms with Gasteiger partial charge in [0.25, 0.3) is 0 Å². The van der Waals surface area contributed by atoms with Crippen LogP contribution in [-0.2, 0) is 16.6 Å². The number of hydrogen-bond acceptors (Lipinski definition) is 5. The summed E-state index contributed by atoms with van der Waals surface area (Å²) in [6.07, 6.45) is 3.11. The summed E-state index contributed by atoms with van der Waals surface area (Å²) >= 11 is 0. The molecule has 0 spiro atoms. The van der Waals surface area contributed by atoms with Gasteiger partial charge >= 0.3 is 11.1 Å². The molecule has 0 radical (unpaired) electrons. The van der Waals surface area contributed by atoms with Gasteiger partial charge in [-0.25, -0.2) is 8.42 Å². The van der Waals surface area contributed by atoms with Crippen LogP contribution >= 0.6 is 0 Å². The average molecular weight is 361 g/mol. The maximum atomic E-state index is 13.1. The molecule has 1 aliphatic rings. The quantitative estimate of drug-likeness (QED) is 0.662. The fourth-order valence-electron chi connectivity index (χ4n) is 2.72. The first-order chi connectivity index (χ1) is 11.9. The zero-order valence-electron chi connectivity index (χ0n) is 13.1. The smallest absolute Gasteiger partial charge is 0.314 e. The number of furan rings is 1. The van der Waals surface area contributed by atoms with E-state index < -0.39 is 21.1 Å². The van der Waals surface area contributed by atoms with Crippen molar-refractivity contribution >= 4 is 21.1 Å². The maximum Gasteiger partial charge on any atom is 0.314 e. The van der Waals surface area contributed by atoms with E-state index in [2.05, 4.69) is 9.97 Å². The molecule has 0 unspecified atom stereocenters. The van der Waals surface area contributed by atoms with Gasteiger partial charge in [0.1, 0.15) is 5.76 Å². The predicted molar refractivity (Wildman–Crippen MR) is 89.6 cm³/mol. The zero-order valence-corrected chi connectivity index (χ0v) is 13.9. The first-order valence-corrected chi connectivity index (χ1v) is 9.20. The molecule has 2 N–H and O–H groups in total. The van der Waals surface area contributed by atoms with Crippen LogP contribution in [0.25, 0.3) is 11.0 Å². The van der Waals surface area contributed by atoms with E-state index in [-0.39, 0.29) is 23.0 Å². The fraction of sp³-hybridized carbons (Fsp3) is 0.250. The Morgan fingerprint density at radius 1 is 1.08 bits per heavy atom. The molecule has 1 aliphatic carbocycles. The van der Waals surface area contributed by atoms with Gasteiger partial charge in [0.2, 0.25) is 10.0 Å².